The van der Waals surface area contributed by atoms with Crippen molar-refractivity contribution < 1.29 is 29.0 Å². The molecule has 8 nitrogen and oxygen atoms in total. The van der Waals surface area contributed by atoms with E-state index in [1.807, 2.05) is 13.0 Å². The Hall–Kier alpha value is -2.59. The molecule has 0 bridgehead atoms. The molecular weight excluding hydrogens is 416 g/mol. The van der Waals surface area contributed by atoms with Gasteiger partial charge in [-0.1, -0.05) is 30.0 Å². The lowest BCUT2D eigenvalue weighted by Crippen LogP contribution is -2.34. The third kappa shape index (κ3) is 6.47. The van der Waals surface area contributed by atoms with Gasteiger partial charge in [0, 0.05) is 19.5 Å². The molecule has 1 aromatic carbocycles. The van der Waals surface area contributed by atoms with Crippen molar-refractivity contribution in [2.24, 2.45) is 0 Å². The van der Waals surface area contributed by atoms with Crippen LogP contribution in [0.4, 0.5) is 0 Å². The summed E-state index contributed by atoms with van der Waals surface area (Å²) in [5.74, 6) is -0.410. The summed E-state index contributed by atoms with van der Waals surface area (Å²) >= 11 is 6.43. The zero-order valence-electron chi connectivity index (χ0n) is 16.1. The largest absolute Gasteiger partial charge is 0.493 e. The van der Waals surface area contributed by atoms with E-state index in [-0.39, 0.29) is 37.7 Å². The maximum atomic E-state index is 12.6. The number of carbonyl (C=O) groups is 3. The highest BCUT2D eigenvalue weighted by molar-refractivity contribution is 8.26. The number of nitrogens with zero attached hydrogens (tertiary/aromatic N) is 1. The van der Waals surface area contributed by atoms with E-state index in [2.05, 4.69) is 5.32 Å². The molecule has 0 aliphatic carbocycles. The van der Waals surface area contributed by atoms with Crippen LogP contribution >= 0.6 is 24.0 Å². The predicted molar refractivity (Wildman–Crippen MR) is 114 cm³/mol. The standard InChI is InChI=1S/C19H22N2O6S2/c1-3-27-13-5-4-12(10-14(13)26-2)11-15-18(25)21(19(28)29-15)9-7-16(22)20-8-6-17(23)24/h4-5,10-11H,3,6-9H2,1-2H3,(H,20,22)(H,23,24)/b15-11-. The molecule has 0 aromatic heterocycles. The van der Waals surface area contributed by atoms with Crippen molar-refractivity contribution in [2.45, 2.75) is 19.8 Å². The molecule has 1 saturated heterocycles. The van der Waals surface area contributed by atoms with E-state index in [9.17, 15) is 14.4 Å². The van der Waals surface area contributed by atoms with Gasteiger partial charge in [-0.15, -0.1) is 0 Å². The number of aliphatic carboxylic acids is 1. The Bertz CT molecular complexity index is 840. The second kappa shape index (κ2) is 10.8. The van der Waals surface area contributed by atoms with Crippen LogP contribution in [0.1, 0.15) is 25.3 Å². The maximum Gasteiger partial charge on any atom is 0.305 e. The first-order valence-corrected chi connectivity index (χ1v) is 10.1. The van der Waals surface area contributed by atoms with Gasteiger partial charge in [0.2, 0.25) is 5.91 Å². The van der Waals surface area contributed by atoms with E-state index in [1.54, 1.807) is 25.3 Å². The number of ether oxygens (including phenoxy) is 2. The number of hydrogen-bond acceptors (Lipinski definition) is 7. The Morgan fingerprint density at radius 1 is 1.31 bits per heavy atom. The molecule has 29 heavy (non-hydrogen) atoms. The van der Waals surface area contributed by atoms with Gasteiger partial charge in [-0.2, -0.15) is 0 Å². The quantitative estimate of drug-likeness (QED) is 0.423. The molecule has 0 saturated carbocycles. The van der Waals surface area contributed by atoms with Crippen LogP contribution in [0.3, 0.4) is 0 Å². The third-order valence-corrected chi connectivity index (χ3v) is 5.26. The van der Waals surface area contributed by atoms with Gasteiger partial charge in [0.1, 0.15) is 4.32 Å². The lowest BCUT2D eigenvalue weighted by Gasteiger charge is -2.14. The SMILES string of the molecule is CCOc1ccc(/C=C2\SC(=S)N(CCC(=O)NCCC(=O)O)C2=O)cc1OC. The zero-order chi connectivity index (χ0) is 21.4. The molecule has 0 unspecified atom stereocenters. The number of benzene rings is 1. The van der Waals surface area contributed by atoms with Gasteiger partial charge < -0.3 is 19.9 Å². The molecule has 1 aliphatic rings. The number of carboxylic acid groups (broad SMARTS) is 1. The van der Waals surface area contributed by atoms with Gasteiger partial charge in [0.15, 0.2) is 11.5 Å². The van der Waals surface area contributed by atoms with E-state index in [4.69, 9.17) is 26.8 Å². The summed E-state index contributed by atoms with van der Waals surface area (Å²) in [6.07, 6.45) is 1.60. The fourth-order valence-electron chi connectivity index (χ4n) is 2.50. The minimum atomic E-state index is -0.988. The Balaban J connectivity index is 2.00. The number of thiocarbonyl (C=S) groups is 1. The summed E-state index contributed by atoms with van der Waals surface area (Å²) in [7, 11) is 1.54. The van der Waals surface area contributed by atoms with E-state index in [0.717, 1.165) is 5.56 Å². The lowest BCUT2D eigenvalue weighted by molar-refractivity contribution is -0.136. The third-order valence-electron chi connectivity index (χ3n) is 3.88. The molecule has 0 radical (unpaired) electrons. The topological polar surface area (TPSA) is 105 Å². The number of carbonyl (C=O) groups excluding carboxylic acids is 2. The first kappa shape index (κ1) is 22.7. The number of nitrogens with one attached hydrogen (secondary N) is 1. The number of carboxylic acids is 1. The normalized spacial score (nSPS) is 15.0. The summed E-state index contributed by atoms with van der Waals surface area (Å²) in [6, 6.07) is 5.36. The van der Waals surface area contributed by atoms with E-state index in [0.29, 0.717) is 27.3 Å². The summed E-state index contributed by atoms with van der Waals surface area (Å²) in [6.45, 7) is 2.57. The molecule has 1 heterocycles. The number of rotatable bonds is 10. The van der Waals surface area contributed by atoms with Crippen LogP contribution in [0.5, 0.6) is 11.5 Å². The van der Waals surface area contributed by atoms with Gasteiger partial charge in [-0.3, -0.25) is 19.3 Å². The minimum absolute atomic E-state index is 0.0379. The van der Waals surface area contributed by atoms with E-state index >= 15 is 0 Å². The molecule has 0 spiro atoms. The molecule has 0 atom stereocenters. The highest BCUT2D eigenvalue weighted by Gasteiger charge is 2.32. The monoisotopic (exact) mass is 438 g/mol. The van der Waals surface area contributed by atoms with Crippen molar-refractivity contribution in [3.63, 3.8) is 0 Å². The number of amides is 2. The van der Waals surface area contributed by atoms with Crippen LogP contribution in [0.15, 0.2) is 23.1 Å². The van der Waals surface area contributed by atoms with E-state index < -0.39 is 5.97 Å². The number of methoxy groups -OCH3 is 1. The average Bonchev–Trinajstić information content (AvgIpc) is 2.94. The molecule has 1 fully saturated rings. The Labute approximate surface area is 178 Å². The molecule has 2 amide bonds. The predicted octanol–water partition coefficient (Wildman–Crippen LogP) is 2.28. The molecule has 1 aromatic rings. The van der Waals surface area contributed by atoms with Crippen molar-refractivity contribution in [2.75, 3.05) is 26.8 Å². The van der Waals surface area contributed by atoms with E-state index in [1.165, 1.54) is 16.7 Å². The van der Waals surface area contributed by atoms with Crippen LogP contribution in [-0.2, 0) is 14.4 Å². The fourth-order valence-corrected chi connectivity index (χ4v) is 3.81. The van der Waals surface area contributed by atoms with Crippen molar-refractivity contribution in [3.8, 4) is 11.5 Å². The number of hydrogen-bond donors (Lipinski definition) is 2. The Kier molecular flexibility index (Phi) is 8.47. The molecular formula is C19H22N2O6S2. The first-order valence-electron chi connectivity index (χ1n) is 8.90. The van der Waals surface area contributed by atoms with Gasteiger partial charge in [0.05, 0.1) is 25.0 Å². The molecule has 2 N–H and O–H groups in total. The van der Waals surface area contributed by atoms with Crippen LogP contribution < -0.4 is 14.8 Å². The van der Waals surface area contributed by atoms with Gasteiger partial charge >= 0.3 is 5.97 Å². The Morgan fingerprint density at radius 3 is 2.72 bits per heavy atom. The molecule has 10 heteroatoms. The van der Waals surface area contributed by atoms with Crippen LogP contribution in [0.2, 0.25) is 0 Å². The van der Waals surface area contributed by atoms with Crippen molar-refractivity contribution in [1.29, 1.82) is 0 Å². The molecule has 2 rings (SSSR count). The average molecular weight is 439 g/mol. The summed E-state index contributed by atoms with van der Waals surface area (Å²) in [5.41, 5.74) is 0.761. The van der Waals surface area contributed by atoms with Gasteiger partial charge in [-0.25, -0.2) is 0 Å². The first-order chi connectivity index (χ1) is 13.8. The van der Waals surface area contributed by atoms with Crippen LogP contribution in [-0.4, -0.2) is 58.9 Å². The van der Waals surface area contributed by atoms with Crippen molar-refractivity contribution in [1.82, 2.24) is 10.2 Å². The van der Waals surface area contributed by atoms with Crippen molar-refractivity contribution in [3.05, 3.63) is 28.7 Å². The summed E-state index contributed by atoms with van der Waals surface area (Å²) in [4.78, 5) is 36.7. The summed E-state index contributed by atoms with van der Waals surface area (Å²) < 4.78 is 11.2. The Morgan fingerprint density at radius 2 is 2.07 bits per heavy atom. The summed E-state index contributed by atoms with van der Waals surface area (Å²) in [5, 5.41) is 11.1. The van der Waals surface area contributed by atoms with Gasteiger partial charge in [0.25, 0.3) is 5.91 Å². The van der Waals surface area contributed by atoms with Crippen LogP contribution in [0.25, 0.3) is 6.08 Å². The fraction of sp³-hybridized carbons (Fsp3) is 0.368. The second-order valence-corrected chi connectivity index (χ2v) is 7.60. The minimum Gasteiger partial charge on any atom is -0.493 e. The maximum absolute atomic E-state index is 12.6. The number of thioether (sulfide) groups is 1. The molecule has 156 valence electrons. The van der Waals surface area contributed by atoms with Crippen LogP contribution in [0, 0.1) is 0 Å². The molecule has 1 aliphatic heterocycles. The lowest BCUT2D eigenvalue weighted by atomic mass is 10.2. The highest BCUT2D eigenvalue weighted by atomic mass is 32.2. The highest BCUT2D eigenvalue weighted by Crippen LogP contribution is 2.34. The van der Waals surface area contributed by atoms with Crippen molar-refractivity contribution >= 4 is 52.2 Å². The van der Waals surface area contributed by atoms with Gasteiger partial charge in [-0.05, 0) is 30.7 Å². The zero-order valence-corrected chi connectivity index (χ0v) is 17.7. The second-order valence-electron chi connectivity index (χ2n) is 5.92. The smallest absolute Gasteiger partial charge is 0.305 e.